The second kappa shape index (κ2) is 48.6. The van der Waals surface area contributed by atoms with Gasteiger partial charge in [-0.25, -0.2) is 0 Å². The van der Waals surface area contributed by atoms with Gasteiger partial charge in [-0.1, -0.05) is 143 Å². The van der Waals surface area contributed by atoms with Crippen LogP contribution >= 0.6 is 0 Å². The summed E-state index contributed by atoms with van der Waals surface area (Å²) >= 11 is 0. The van der Waals surface area contributed by atoms with E-state index in [0.29, 0.717) is 12.1 Å². The zero-order valence-corrected chi connectivity index (χ0v) is 51.7. The van der Waals surface area contributed by atoms with Crippen LogP contribution in [0.15, 0.2) is 36.4 Å². The number of pyridine rings is 2. The molecule has 2 atom stereocenters. The average molecular weight is 1010 g/mol. The zero-order chi connectivity index (χ0) is 54.5. The Balaban J connectivity index is 0. The normalized spacial score (nSPS) is 12.6. The van der Waals surface area contributed by atoms with Gasteiger partial charge in [0.05, 0.1) is 22.8 Å². The number of hydrogen-bond donors (Lipinski definition) is 1. The SMILES string of the molecule is CCC(C)N(CC)Cc1cccc(CN(CC)C(C)CC)n1.CCC(CC)CCN(CC)CCN(CC)CC.CCN(CC)Cc1cccc(CN(CC)CC)n1.CCNCCN(CC)CCN(CC)CC. The Kier molecular flexibility index (Phi) is 48.6. The molecule has 0 aromatic carbocycles. The molecule has 0 aliphatic heterocycles. The van der Waals surface area contributed by atoms with Gasteiger partial charge in [-0.05, 0) is 155 Å². The van der Waals surface area contributed by atoms with Gasteiger partial charge in [-0.3, -0.25) is 29.6 Å². The van der Waals surface area contributed by atoms with Crippen LogP contribution < -0.4 is 5.32 Å². The van der Waals surface area contributed by atoms with Crippen molar-refractivity contribution < 1.29 is 0 Å². The molecule has 2 heterocycles. The van der Waals surface area contributed by atoms with Crippen LogP contribution in [0.25, 0.3) is 0 Å². The highest BCUT2D eigenvalue weighted by Crippen LogP contribution is 2.14. The molecule has 2 aromatic rings. The summed E-state index contributed by atoms with van der Waals surface area (Å²) in [5.41, 5.74) is 4.76. The highest BCUT2D eigenvalue weighted by atomic mass is 15.2. The van der Waals surface area contributed by atoms with Crippen molar-refractivity contribution in [3.63, 3.8) is 0 Å². The van der Waals surface area contributed by atoms with Crippen LogP contribution in [0, 0.1) is 5.92 Å². The van der Waals surface area contributed by atoms with Gasteiger partial charge in [0, 0.05) is 77.5 Å². The molecule has 0 bridgehead atoms. The molecular weight excluding hydrogens is 887 g/mol. The quantitative estimate of drug-likeness (QED) is 0.0652. The van der Waals surface area contributed by atoms with Gasteiger partial charge in [0.25, 0.3) is 0 Å². The molecule has 0 saturated carbocycles. The van der Waals surface area contributed by atoms with Crippen LogP contribution in [0.3, 0.4) is 0 Å². The highest BCUT2D eigenvalue weighted by molar-refractivity contribution is 5.12. The van der Waals surface area contributed by atoms with Crippen LogP contribution in [-0.2, 0) is 26.2 Å². The molecule has 2 aromatic heterocycles. The van der Waals surface area contributed by atoms with E-state index >= 15 is 0 Å². The van der Waals surface area contributed by atoms with Crippen LogP contribution in [0.5, 0.6) is 0 Å². The molecule has 424 valence electrons. The lowest BCUT2D eigenvalue weighted by molar-refractivity contribution is 0.198. The Bertz CT molecular complexity index is 1350. The minimum Gasteiger partial charge on any atom is -0.316 e. The molecule has 2 rings (SSSR count). The van der Waals surface area contributed by atoms with E-state index in [1.165, 1.54) is 127 Å². The largest absolute Gasteiger partial charge is 0.316 e. The van der Waals surface area contributed by atoms with E-state index in [1.54, 1.807) is 0 Å². The van der Waals surface area contributed by atoms with Crippen LogP contribution in [0.2, 0.25) is 0 Å². The maximum absolute atomic E-state index is 4.90. The van der Waals surface area contributed by atoms with Crippen molar-refractivity contribution >= 4 is 0 Å². The summed E-state index contributed by atoms with van der Waals surface area (Å²) in [6.07, 6.45) is 6.42. The number of rotatable bonds is 39. The van der Waals surface area contributed by atoms with Crippen LogP contribution in [-0.4, -0.2) is 192 Å². The fourth-order valence-electron chi connectivity index (χ4n) is 8.83. The van der Waals surface area contributed by atoms with Gasteiger partial charge in [0.2, 0.25) is 0 Å². The maximum atomic E-state index is 4.90. The third-order valence-corrected chi connectivity index (χ3v) is 15.3. The number of nitrogens with zero attached hydrogens (tertiary/aromatic N) is 10. The zero-order valence-electron chi connectivity index (χ0n) is 51.7. The molecule has 0 radical (unpaired) electrons. The summed E-state index contributed by atoms with van der Waals surface area (Å²) in [5, 5.41) is 3.37. The molecule has 0 aliphatic carbocycles. The first-order valence-corrected chi connectivity index (χ1v) is 30.2. The summed E-state index contributed by atoms with van der Waals surface area (Å²) in [4.78, 5) is 29.6. The molecule has 1 N–H and O–H groups in total. The molecule has 0 fully saturated rings. The van der Waals surface area contributed by atoms with Crippen LogP contribution in [0.4, 0.5) is 0 Å². The van der Waals surface area contributed by atoms with E-state index in [0.717, 1.165) is 91.0 Å². The lowest BCUT2D eigenvalue weighted by Crippen LogP contribution is -2.38. The minimum absolute atomic E-state index is 0.614. The van der Waals surface area contributed by atoms with Gasteiger partial charge in [0.15, 0.2) is 0 Å². The monoisotopic (exact) mass is 1010 g/mol. The van der Waals surface area contributed by atoms with E-state index in [9.17, 15) is 0 Å². The first-order valence-electron chi connectivity index (χ1n) is 30.2. The van der Waals surface area contributed by atoms with Crippen molar-refractivity contribution in [2.24, 2.45) is 5.92 Å². The van der Waals surface area contributed by atoms with Gasteiger partial charge in [0.1, 0.15) is 0 Å². The lowest BCUT2D eigenvalue weighted by Gasteiger charge is -2.28. The Hall–Kier alpha value is -2.06. The second-order valence-electron chi connectivity index (χ2n) is 19.6. The second-order valence-corrected chi connectivity index (χ2v) is 19.6. The summed E-state index contributed by atoms with van der Waals surface area (Å²) in [6, 6.07) is 14.1. The summed E-state index contributed by atoms with van der Waals surface area (Å²) in [5.74, 6) is 0.928. The highest BCUT2D eigenvalue weighted by Gasteiger charge is 2.15. The first kappa shape index (κ1) is 72.0. The predicted octanol–water partition coefficient (Wildman–Crippen LogP) is 11.8. The number of nitrogens with one attached hydrogen (secondary N) is 1. The third-order valence-electron chi connectivity index (χ3n) is 15.3. The average Bonchev–Trinajstić information content (AvgIpc) is 3.42. The molecule has 11 nitrogen and oxygen atoms in total. The molecular formula is C61H125N11. The Labute approximate surface area is 450 Å². The standard InChI is InChI=1S/C19H35N3.C15H27N3.C15H34N2.C12H29N3/c1-7-16(5)21(9-3)14-18-12-11-13-19(20-18)15-22(10-4)17(6)8-2;1-5-17(6-2)12-14-10-9-11-15(16-14)13-18(7-3)8-4;1-6-15(7-2)11-12-17(10-5)14-13-16(8-3)9-4;1-5-13-9-10-15(8-4)12-11-14(6-2)7-3/h11-13,16-17H,7-10,14-15H2,1-6H3;9-11H,5-8,12-13H2,1-4H3;15H,6-14H2,1-5H3;13H,5-12H2,1-4H3. The molecule has 2 unspecified atom stereocenters. The van der Waals surface area contributed by atoms with Gasteiger partial charge < -0.3 is 24.9 Å². The van der Waals surface area contributed by atoms with Crippen molar-refractivity contribution in [3.05, 3.63) is 59.2 Å². The summed E-state index contributed by atoms with van der Waals surface area (Å²) < 4.78 is 0. The van der Waals surface area contributed by atoms with E-state index in [2.05, 4.69) is 212 Å². The molecule has 0 amide bonds. The fraction of sp³-hybridized carbons (Fsp3) is 0.836. The topological polar surface area (TPSA) is 63.7 Å². The van der Waals surface area contributed by atoms with E-state index < -0.39 is 0 Å². The smallest absolute Gasteiger partial charge is 0.0547 e. The number of aromatic nitrogens is 2. The first-order chi connectivity index (χ1) is 34.8. The Morgan fingerprint density at radius 2 is 0.681 bits per heavy atom. The van der Waals surface area contributed by atoms with Gasteiger partial charge >= 0.3 is 0 Å². The predicted molar refractivity (Wildman–Crippen MR) is 320 cm³/mol. The van der Waals surface area contributed by atoms with Crippen molar-refractivity contribution in [1.29, 1.82) is 0 Å². The summed E-state index contributed by atoms with van der Waals surface area (Å²) in [7, 11) is 0. The molecule has 0 saturated heterocycles. The van der Waals surface area contributed by atoms with Crippen molar-refractivity contribution in [2.75, 3.05) is 131 Å². The molecule has 0 aliphatic rings. The Morgan fingerprint density at radius 1 is 0.361 bits per heavy atom. The number of likely N-dealkylation sites (N-methyl/N-ethyl adjacent to an activating group) is 5. The molecule has 11 heteroatoms. The van der Waals surface area contributed by atoms with Gasteiger partial charge in [-0.2, -0.15) is 0 Å². The van der Waals surface area contributed by atoms with E-state index in [1.807, 2.05) is 0 Å². The van der Waals surface area contributed by atoms with Crippen molar-refractivity contribution in [1.82, 2.24) is 54.5 Å². The van der Waals surface area contributed by atoms with Gasteiger partial charge in [-0.15, -0.1) is 0 Å². The Morgan fingerprint density at radius 3 is 0.972 bits per heavy atom. The fourth-order valence-corrected chi connectivity index (χ4v) is 8.83. The lowest BCUT2D eigenvalue weighted by atomic mass is 9.99. The molecule has 0 spiro atoms. The third kappa shape index (κ3) is 34.5. The summed E-state index contributed by atoms with van der Waals surface area (Å²) in [6.45, 7) is 69.5. The van der Waals surface area contributed by atoms with Crippen molar-refractivity contribution in [3.8, 4) is 0 Å². The minimum atomic E-state index is 0.614. The molecule has 72 heavy (non-hydrogen) atoms. The number of hydrogen-bond acceptors (Lipinski definition) is 11. The van der Waals surface area contributed by atoms with Crippen molar-refractivity contribution in [2.45, 2.75) is 202 Å². The van der Waals surface area contributed by atoms with E-state index in [4.69, 9.17) is 9.97 Å². The van der Waals surface area contributed by atoms with E-state index in [-0.39, 0.29) is 0 Å². The van der Waals surface area contributed by atoms with Crippen LogP contribution in [0.1, 0.15) is 186 Å². The maximum Gasteiger partial charge on any atom is 0.0547 e.